The fraction of sp³-hybridized carbons (Fsp3) is 0.846. The number of nitrogens with zero attached hydrogens (tertiary/aromatic N) is 3. The number of hydrogen-bond acceptors (Lipinski definition) is 6. The minimum absolute atomic E-state index is 0.267. The van der Waals surface area contributed by atoms with Gasteiger partial charge in [-0.15, -0.1) is 5.10 Å². The monoisotopic (exact) mass is 268 g/mol. The summed E-state index contributed by atoms with van der Waals surface area (Å²) >= 11 is 0. The Bertz CT molecular complexity index is 380. The van der Waals surface area contributed by atoms with E-state index in [1.54, 1.807) is 0 Å². The van der Waals surface area contributed by atoms with Crippen LogP contribution >= 0.6 is 0 Å². The molecule has 0 saturated carbocycles. The van der Waals surface area contributed by atoms with E-state index in [0.29, 0.717) is 24.4 Å². The molecule has 1 saturated heterocycles. The molecular formula is C13H24N4O2. The van der Waals surface area contributed by atoms with Gasteiger partial charge in [-0.2, -0.15) is 0 Å². The van der Waals surface area contributed by atoms with E-state index in [0.717, 1.165) is 32.7 Å². The molecule has 1 unspecified atom stereocenters. The molecule has 1 N–H and O–H groups in total. The molecule has 1 fully saturated rings. The molecular weight excluding hydrogens is 244 g/mol. The Morgan fingerprint density at radius 3 is 3.00 bits per heavy atom. The fourth-order valence-corrected chi connectivity index (χ4v) is 2.05. The van der Waals surface area contributed by atoms with E-state index in [4.69, 9.17) is 9.15 Å². The van der Waals surface area contributed by atoms with E-state index in [9.17, 15) is 0 Å². The van der Waals surface area contributed by atoms with Crippen molar-refractivity contribution in [3.8, 4) is 0 Å². The topological polar surface area (TPSA) is 63.4 Å². The second-order valence-corrected chi connectivity index (χ2v) is 5.35. The van der Waals surface area contributed by atoms with Crippen LogP contribution in [0.25, 0.3) is 0 Å². The maximum atomic E-state index is 5.68. The number of anilines is 1. The van der Waals surface area contributed by atoms with Gasteiger partial charge in [0, 0.05) is 13.1 Å². The van der Waals surface area contributed by atoms with Gasteiger partial charge in [-0.05, 0) is 18.9 Å². The number of nitrogens with one attached hydrogen (secondary N) is 1. The quantitative estimate of drug-likeness (QED) is 0.842. The molecule has 0 spiro atoms. The zero-order chi connectivity index (χ0) is 13.7. The molecule has 19 heavy (non-hydrogen) atoms. The number of morpholine rings is 1. The van der Waals surface area contributed by atoms with Gasteiger partial charge < -0.3 is 19.4 Å². The third-order valence-corrected chi connectivity index (χ3v) is 3.15. The Balaban J connectivity index is 1.85. The predicted octanol–water partition coefficient (Wildman–Crippen LogP) is 1.43. The summed E-state index contributed by atoms with van der Waals surface area (Å²) in [7, 11) is 0. The summed E-state index contributed by atoms with van der Waals surface area (Å²) < 4.78 is 11.3. The largest absolute Gasteiger partial charge is 0.407 e. The third-order valence-electron chi connectivity index (χ3n) is 3.15. The summed E-state index contributed by atoms with van der Waals surface area (Å²) in [5.74, 6) is 1.27. The zero-order valence-electron chi connectivity index (χ0n) is 12.1. The van der Waals surface area contributed by atoms with Gasteiger partial charge in [-0.3, -0.25) is 0 Å². The average Bonchev–Trinajstić information content (AvgIpc) is 2.87. The van der Waals surface area contributed by atoms with Gasteiger partial charge in [0.2, 0.25) is 5.89 Å². The van der Waals surface area contributed by atoms with Crippen LogP contribution in [0.1, 0.15) is 33.1 Å². The summed E-state index contributed by atoms with van der Waals surface area (Å²) in [6, 6.07) is 0.614. The fourth-order valence-electron chi connectivity index (χ4n) is 2.05. The molecule has 0 aromatic carbocycles. The van der Waals surface area contributed by atoms with Crippen molar-refractivity contribution >= 4 is 6.01 Å². The van der Waals surface area contributed by atoms with Gasteiger partial charge in [-0.25, -0.2) is 0 Å². The first-order valence-corrected chi connectivity index (χ1v) is 7.08. The van der Waals surface area contributed by atoms with Crippen molar-refractivity contribution in [3.05, 3.63) is 5.89 Å². The molecule has 1 atom stereocenters. The Hall–Kier alpha value is -1.14. The lowest BCUT2D eigenvalue weighted by atomic mass is 10.2. The van der Waals surface area contributed by atoms with E-state index < -0.39 is 0 Å². The molecule has 2 heterocycles. The summed E-state index contributed by atoms with van der Waals surface area (Å²) in [5, 5.41) is 11.5. The van der Waals surface area contributed by atoms with Gasteiger partial charge in [0.1, 0.15) is 0 Å². The van der Waals surface area contributed by atoms with Crippen molar-refractivity contribution in [3.63, 3.8) is 0 Å². The first-order chi connectivity index (χ1) is 9.19. The van der Waals surface area contributed by atoms with E-state index in [-0.39, 0.29) is 6.10 Å². The highest BCUT2D eigenvalue weighted by molar-refractivity contribution is 5.25. The van der Waals surface area contributed by atoms with E-state index >= 15 is 0 Å². The molecule has 108 valence electrons. The van der Waals surface area contributed by atoms with Crippen LogP contribution in [0.15, 0.2) is 4.42 Å². The molecule has 0 amide bonds. The molecule has 1 aliphatic rings. The zero-order valence-corrected chi connectivity index (χ0v) is 12.1. The lowest BCUT2D eigenvalue weighted by Gasteiger charge is -2.30. The number of aromatic nitrogens is 2. The maximum Gasteiger partial charge on any atom is 0.318 e. The predicted molar refractivity (Wildman–Crippen MR) is 73.1 cm³/mol. The normalized spacial score (nSPS) is 20.2. The highest BCUT2D eigenvalue weighted by Crippen LogP contribution is 2.17. The van der Waals surface area contributed by atoms with Crippen LogP contribution in [0.4, 0.5) is 6.01 Å². The van der Waals surface area contributed by atoms with E-state index in [2.05, 4.69) is 41.2 Å². The molecule has 0 aliphatic carbocycles. The molecule has 6 nitrogen and oxygen atoms in total. The number of rotatable bonds is 6. The van der Waals surface area contributed by atoms with Crippen LogP contribution in [-0.4, -0.2) is 42.5 Å². The van der Waals surface area contributed by atoms with Crippen molar-refractivity contribution in [2.45, 2.75) is 39.8 Å². The van der Waals surface area contributed by atoms with Crippen molar-refractivity contribution in [1.29, 1.82) is 0 Å². The summed E-state index contributed by atoms with van der Waals surface area (Å²) in [6.07, 6.45) is 1.27. The van der Waals surface area contributed by atoms with Crippen molar-refractivity contribution in [2.24, 2.45) is 5.92 Å². The Morgan fingerprint density at radius 1 is 1.42 bits per heavy atom. The maximum absolute atomic E-state index is 5.68. The van der Waals surface area contributed by atoms with Gasteiger partial charge in [0.15, 0.2) is 0 Å². The van der Waals surface area contributed by atoms with Crippen molar-refractivity contribution in [2.75, 3.05) is 31.1 Å². The van der Waals surface area contributed by atoms with Crippen LogP contribution in [0.5, 0.6) is 0 Å². The molecule has 1 aromatic rings. The average molecular weight is 268 g/mol. The number of ether oxygens (including phenoxy) is 1. The van der Waals surface area contributed by atoms with E-state index in [1.807, 2.05) is 0 Å². The SMILES string of the molecule is CCC1CN(c2nnc(CNCC(C)C)o2)CCO1. The molecule has 1 aliphatic heterocycles. The van der Waals surface area contributed by atoms with Gasteiger partial charge >= 0.3 is 6.01 Å². The van der Waals surface area contributed by atoms with Crippen molar-refractivity contribution in [1.82, 2.24) is 15.5 Å². The lowest BCUT2D eigenvalue weighted by Crippen LogP contribution is -2.42. The second kappa shape index (κ2) is 6.86. The minimum Gasteiger partial charge on any atom is -0.407 e. The van der Waals surface area contributed by atoms with Crippen LogP contribution in [-0.2, 0) is 11.3 Å². The smallest absolute Gasteiger partial charge is 0.318 e. The second-order valence-electron chi connectivity index (χ2n) is 5.35. The highest BCUT2D eigenvalue weighted by Gasteiger charge is 2.23. The minimum atomic E-state index is 0.267. The van der Waals surface area contributed by atoms with E-state index in [1.165, 1.54) is 0 Å². The summed E-state index contributed by atoms with van der Waals surface area (Å²) in [6.45, 7) is 10.4. The molecule has 0 radical (unpaired) electrons. The van der Waals surface area contributed by atoms with Gasteiger partial charge in [-0.1, -0.05) is 25.9 Å². The first kappa shape index (κ1) is 14.3. The summed E-state index contributed by atoms with van der Waals surface area (Å²) in [4.78, 5) is 2.11. The Kier molecular flexibility index (Phi) is 5.15. The van der Waals surface area contributed by atoms with Crippen LogP contribution < -0.4 is 10.2 Å². The summed E-state index contributed by atoms with van der Waals surface area (Å²) in [5.41, 5.74) is 0. The van der Waals surface area contributed by atoms with Gasteiger partial charge in [0.25, 0.3) is 0 Å². The Morgan fingerprint density at radius 2 is 2.26 bits per heavy atom. The van der Waals surface area contributed by atoms with Crippen LogP contribution in [0, 0.1) is 5.92 Å². The highest BCUT2D eigenvalue weighted by atomic mass is 16.5. The van der Waals surface area contributed by atoms with Gasteiger partial charge in [0.05, 0.1) is 19.3 Å². The number of hydrogen-bond donors (Lipinski definition) is 1. The standard InChI is InChI=1S/C13H24N4O2/c1-4-11-9-17(5-6-18-11)13-16-15-12(19-13)8-14-7-10(2)3/h10-11,14H,4-9H2,1-3H3. The van der Waals surface area contributed by atoms with Crippen LogP contribution in [0.2, 0.25) is 0 Å². The lowest BCUT2D eigenvalue weighted by molar-refractivity contribution is 0.0366. The van der Waals surface area contributed by atoms with Crippen LogP contribution in [0.3, 0.4) is 0 Å². The van der Waals surface area contributed by atoms with Crippen molar-refractivity contribution < 1.29 is 9.15 Å². The molecule has 6 heteroatoms. The first-order valence-electron chi connectivity index (χ1n) is 7.08. The molecule has 1 aromatic heterocycles. The molecule has 2 rings (SSSR count). The molecule has 0 bridgehead atoms. The Labute approximate surface area is 114 Å². The third kappa shape index (κ3) is 4.18.